The fraction of sp³-hybridized carbons (Fsp3) is 0.286. The highest BCUT2D eigenvalue weighted by atomic mass is 32.1. The van der Waals surface area contributed by atoms with Gasteiger partial charge >= 0.3 is 0 Å². The quantitative estimate of drug-likeness (QED) is 0.721. The molecule has 1 aliphatic rings. The topological polar surface area (TPSA) is 67.2 Å². The third kappa shape index (κ3) is 3.84. The molecule has 3 aromatic rings. The smallest absolute Gasteiger partial charge is 0.247 e. The van der Waals surface area contributed by atoms with Gasteiger partial charge in [0.2, 0.25) is 11.8 Å². The number of rotatable bonds is 5. The monoisotopic (exact) mass is 394 g/mol. The number of benzene rings is 1. The van der Waals surface area contributed by atoms with E-state index in [0.717, 1.165) is 29.2 Å². The molecule has 0 spiro atoms. The zero-order valence-electron chi connectivity index (χ0n) is 15.7. The molecule has 2 amide bonds. The highest BCUT2D eigenvalue weighted by molar-refractivity contribution is 7.08. The Bertz CT molecular complexity index is 963. The van der Waals surface area contributed by atoms with Crippen LogP contribution in [0.5, 0.6) is 0 Å². The Kier molecular flexibility index (Phi) is 5.25. The lowest BCUT2D eigenvalue weighted by Crippen LogP contribution is -2.43. The van der Waals surface area contributed by atoms with Crippen LogP contribution >= 0.6 is 11.3 Å². The van der Waals surface area contributed by atoms with Crippen LogP contribution in [0.2, 0.25) is 0 Å². The molecule has 1 aliphatic heterocycles. The van der Waals surface area contributed by atoms with E-state index in [2.05, 4.69) is 10.3 Å². The Labute approximate surface area is 167 Å². The molecule has 1 N–H and O–H groups in total. The molecule has 7 heteroatoms. The normalized spacial score (nSPS) is 16.3. The molecule has 28 heavy (non-hydrogen) atoms. The van der Waals surface area contributed by atoms with Crippen LogP contribution in [-0.2, 0) is 16.0 Å². The maximum Gasteiger partial charge on any atom is 0.247 e. The van der Waals surface area contributed by atoms with Crippen molar-refractivity contribution in [1.82, 2.24) is 14.5 Å². The Morgan fingerprint density at radius 3 is 2.75 bits per heavy atom. The number of aryl methyl sites for hydroxylation is 1. The van der Waals surface area contributed by atoms with Gasteiger partial charge in [0.15, 0.2) is 0 Å². The van der Waals surface area contributed by atoms with Crippen molar-refractivity contribution in [2.45, 2.75) is 32.2 Å². The summed E-state index contributed by atoms with van der Waals surface area (Å²) in [6.45, 7) is 2.58. The van der Waals surface area contributed by atoms with Crippen LogP contribution in [0.4, 0.5) is 5.69 Å². The van der Waals surface area contributed by atoms with Gasteiger partial charge in [0.05, 0.1) is 6.42 Å². The predicted octanol–water partition coefficient (Wildman–Crippen LogP) is 3.41. The third-order valence-electron chi connectivity index (χ3n) is 5.05. The number of likely N-dealkylation sites (tertiary alicyclic amines) is 1. The van der Waals surface area contributed by atoms with Crippen molar-refractivity contribution in [3.8, 4) is 5.69 Å². The van der Waals surface area contributed by atoms with Gasteiger partial charge in [0, 0.05) is 30.3 Å². The van der Waals surface area contributed by atoms with Crippen LogP contribution in [-0.4, -0.2) is 38.9 Å². The average Bonchev–Trinajstić information content (AvgIpc) is 3.44. The van der Waals surface area contributed by atoms with Gasteiger partial charge in [-0.2, -0.15) is 11.3 Å². The van der Waals surface area contributed by atoms with Gasteiger partial charge in [-0.1, -0.05) is 0 Å². The molecular weight excluding hydrogens is 372 g/mol. The zero-order valence-corrected chi connectivity index (χ0v) is 16.5. The van der Waals surface area contributed by atoms with Gasteiger partial charge in [0.1, 0.15) is 11.9 Å². The minimum absolute atomic E-state index is 0.0157. The molecule has 0 aliphatic carbocycles. The van der Waals surface area contributed by atoms with Gasteiger partial charge < -0.3 is 14.8 Å². The lowest BCUT2D eigenvalue weighted by Gasteiger charge is -2.24. The number of amides is 2. The van der Waals surface area contributed by atoms with Gasteiger partial charge in [0.25, 0.3) is 0 Å². The first kappa shape index (κ1) is 18.4. The van der Waals surface area contributed by atoms with E-state index >= 15 is 0 Å². The van der Waals surface area contributed by atoms with Crippen molar-refractivity contribution in [3.63, 3.8) is 0 Å². The molecule has 3 heterocycles. The first-order valence-electron chi connectivity index (χ1n) is 9.33. The molecule has 2 aromatic heterocycles. The largest absolute Gasteiger partial charge is 0.330 e. The molecule has 0 bridgehead atoms. The van der Waals surface area contributed by atoms with E-state index in [9.17, 15) is 9.59 Å². The summed E-state index contributed by atoms with van der Waals surface area (Å²) in [7, 11) is 0. The fourth-order valence-corrected chi connectivity index (χ4v) is 4.26. The van der Waals surface area contributed by atoms with Gasteiger partial charge in [-0.3, -0.25) is 9.59 Å². The van der Waals surface area contributed by atoms with Crippen LogP contribution < -0.4 is 5.32 Å². The molecule has 1 fully saturated rings. The zero-order chi connectivity index (χ0) is 19.5. The molecule has 1 atom stereocenters. The Morgan fingerprint density at radius 2 is 2.07 bits per heavy atom. The van der Waals surface area contributed by atoms with E-state index in [1.807, 2.05) is 58.8 Å². The summed E-state index contributed by atoms with van der Waals surface area (Å²) >= 11 is 1.58. The number of anilines is 1. The number of imidazole rings is 1. The van der Waals surface area contributed by atoms with Crippen LogP contribution in [0.25, 0.3) is 5.69 Å². The summed E-state index contributed by atoms with van der Waals surface area (Å²) in [5.74, 6) is 0.798. The van der Waals surface area contributed by atoms with E-state index in [4.69, 9.17) is 0 Å². The van der Waals surface area contributed by atoms with Crippen LogP contribution in [0.3, 0.4) is 0 Å². The van der Waals surface area contributed by atoms with Gasteiger partial charge in [-0.25, -0.2) is 4.98 Å². The Hall–Kier alpha value is -2.93. The van der Waals surface area contributed by atoms with Gasteiger partial charge in [-0.05, 0) is 66.4 Å². The molecule has 4 rings (SSSR count). The minimum Gasteiger partial charge on any atom is -0.330 e. The van der Waals surface area contributed by atoms with Crippen LogP contribution in [0.1, 0.15) is 24.2 Å². The predicted molar refractivity (Wildman–Crippen MR) is 110 cm³/mol. The molecule has 0 saturated carbocycles. The van der Waals surface area contributed by atoms with Crippen molar-refractivity contribution in [1.29, 1.82) is 0 Å². The number of nitrogens with one attached hydrogen (secondary N) is 1. The maximum atomic E-state index is 12.8. The summed E-state index contributed by atoms with van der Waals surface area (Å²) in [5.41, 5.74) is 2.72. The second-order valence-electron chi connectivity index (χ2n) is 6.93. The number of nitrogens with zero attached hydrogens (tertiary/aromatic N) is 3. The Balaban J connectivity index is 1.41. The maximum absolute atomic E-state index is 12.8. The van der Waals surface area contributed by atoms with Crippen molar-refractivity contribution in [3.05, 3.63) is 64.9 Å². The molecule has 6 nitrogen and oxygen atoms in total. The van der Waals surface area contributed by atoms with Crippen molar-refractivity contribution in [2.24, 2.45) is 0 Å². The number of carbonyl (C=O) groups excluding carboxylic acids is 2. The van der Waals surface area contributed by atoms with E-state index in [-0.39, 0.29) is 11.8 Å². The molecule has 1 aromatic carbocycles. The second kappa shape index (κ2) is 7.98. The second-order valence-corrected chi connectivity index (χ2v) is 7.71. The summed E-state index contributed by atoms with van der Waals surface area (Å²) < 4.78 is 1.98. The summed E-state index contributed by atoms with van der Waals surface area (Å²) in [6, 6.07) is 9.19. The van der Waals surface area contributed by atoms with Gasteiger partial charge in [-0.15, -0.1) is 0 Å². The summed E-state index contributed by atoms with van der Waals surface area (Å²) in [4.78, 5) is 31.4. The van der Waals surface area contributed by atoms with Crippen molar-refractivity contribution < 1.29 is 9.59 Å². The standard InChI is InChI=1S/C21H22N4O2S/c1-15-22-9-11-24(15)18-6-4-17(5-7-18)23-21(27)19-3-2-10-25(19)20(26)13-16-8-12-28-14-16/h4-9,11-12,14,19H,2-3,10,13H2,1H3,(H,23,27)/t19-/m0/s1. The van der Waals surface area contributed by atoms with Crippen molar-refractivity contribution in [2.75, 3.05) is 11.9 Å². The highest BCUT2D eigenvalue weighted by Crippen LogP contribution is 2.22. The average molecular weight is 395 g/mol. The number of carbonyl (C=O) groups is 2. The number of hydrogen-bond acceptors (Lipinski definition) is 4. The van der Waals surface area contributed by atoms with E-state index < -0.39 is 6.04 Å². The first-order chi connectivity index (χ1) is 13.6. The fourth-order valence-electron chi connectivity index (χ4n) is 3.59. The first-order valence-corrected chi connectivity index (χ1v) is 10.3. The molecule has 0 radical (unpaired) electrons. The Morgan fingerprint density at radius 1 is 1.25 bits per heavy atom. The minimum atomic E-state index is -0.401. The molecule has 1 saturated heterocycles. The van der Waals surface area contributed by atoms with Crippen molar-refractivity contribution >= 4 is 28.8 Å². The molecule has 144 valence electrons. The lowest BCUT2D eigenvalue weighted by molar-refractivity contribution is -0.136. The third-order valence-corrected chi connectivity index (χ3v) is 5.78. The van der Waals surface area contributed by atoms with E-state index in [1.165, 1.54) is 0 Å². The number of hydrogen-bond donors (Lipinski definition) is 1. The molecule has 0 unspecified atom stereocenters. The van der Waals surface area contributed by atoms with Crippen LogP contribution in [0, 0.1) is 6.92 Å². The molecular formula is C21H22N4O2S. The highest BCUT2D eigenvalue weighted by Gasteiger charge is 2.33. The number of thiophene rings is 1. The SMILES string of the molecule is Cc1nccn1-c1ccc(NC(=O)[C@@H]2CCCN2C(=O)Cc2ccsc2)cc1. The van der Waals surface area contributed by atoms with E-state index in [0.29, 0.717) is 19.4 Å². The summed E-state index contributed by atoms with van der Waals surface area (Å²) in [5, 5.41) is 6.90. The number of aromatic nitrogens is 2. The van der Waals surface area contributed by atoms with Crippen LogP contribution in [0.15, 0.2) is 53.5 Å². The lowest BCUT2D eigenvalue weighted by atomic mass is 10.1. The summed E-state index contributed by atoms with van der Waals surface area (Å²) in [6.07, 6.45) is 5.57. The van der Waals surface area contributed by atoms with E-state index in [1.54, 1.807) is 22.4 Å².